The van der Waals surface area contributed by atoms with Gasteiger partial charge < -0.3 is 0 Å². The standard InChI is InChI=1S/C11H22/c1-5-7-9-11(8-6-2)10(3)4/h10-11H,1-2,5-9H2,3-4H3. The fourth-order valence-corrected chi connectivity index (χ4v) is 1.48. The van der Waals surface area contributed by atoms with E-state index in [2.05, 4.69) is 27.7 Å². The molecule has 0 aromatic rings. The lowest BCUT2D eigenvalue weighted by molar-refractivity contribution is 0.331. The van der Waals surface area contributed by atoms with E-state index in [0.717, 1.165) is 24.7 Å². The van der Waals surface area contributed by atoms with Crippen LogP contribution in [0.2, 0.25) is 0 Å². The molecule has 0 saturated heterocycles. The van der Waals surface area contributed by atoms with Gasteiger partial charge in [0.05, 0.1) is 0 Å². The molecule has 0 aliphatic rings. The zero-order valence-electron chi connectivity index (χ0n) is 8.10. The maximum atomic E-state index is 3.90. The van der Waals surface area contributed by atoms with E-state index in [-0.39, 0.29) is 0 Å². The quantitative estimate of drug-likeness (QED) is 0.544. The van der Waals surface area contributed by atoms with Gasteiger partial charge in [0.1, 0.15) is 0 Å². The average molecular weight is 154 g/mol. The Morgan fingerprint density at radius 2 is 1.64 bits per heavy atom. The van der Waals surface area contributed by atoms with E-state index in [9.17, 15) is 0 Å². The van der Waals surface area contributed by atoms with Crippen LogP contribution in [0.3, 0.4) is 0 Å². The molecule has 0 amide bonds. The second kappa shape index (κ2) is 6.69. The summed E-state index contributed by atoms with van der Waals surface area (Å²) in [4.78, 5) is 0. The summed E-state index contributed by atoms with van der Waals surface area (Å²) in [5.41, 5.74) is 0. The second-order valence-corrected chi connectivity index (χ2v) is 3.64. The summed E-state index contributed by atoms with van der Waals surface area (Å²) >= 11 is 0. The van der Waals surface area contributed by atoms with Crippen LogP contribution < -0.4 is 0 Å². The van der Waals surface area contributed by atoms with E-state index in [0.29, 0.717) is 0 Å². The van der Waals surface area contributed by atoms with E-state index in [1.54, 1.807) is 0 Å². The molecule has 0 saturated carbocycles. The van der Waals surface area contributed by atoms with Crippen molar-refractivity contribution in [3.8, 4) is 0 Å². The molecule has 1 unspecified atom stereocenters. The van der Waals surface area contributed by atoms with Gasteiger partial charge in [-0.1, -0.05) is 59.8 Å². The zero-order valence-corrected chi connectivity index (χ0v) is 8.10. The van der Waals surface area contributed by atoms with Gasteiger partial charge in [0.15, 0.2) is 0 Å². The van der Waals surface area contributed by atoms with Gasteiger partial charge in [0.25, 0.3) is 0 Å². The van der Waals surface area contributed by atoms with Gasteiger partial charge in [-0.2, -0.15) is 0 Å². The molecule has 0 fully saturated rings. The summed E-state index contributed by atoms with van der Waals surface area (Å²) in [6.45, 7) is 12.4. The molecule has 11 heavy (non-hydrogen) atoms. The Bertz CT molecular complexity index is 74.1. The predicted molar refractivity (Wildman–Crippen MR) is 52.1 cm³/mol. The van der Waals surface area contributed by atoms with Crippen molar-refractivity contribution in [2.24, 2.45) is 11.8 Å². The van der Waals surface area contributed by atoms with Crippen molar-refractivity contribution in [1.82, 2.24) is 0 Å². The van der Waals surface area contributed by atoms with Crippen LogP contribution in [-0.4, -0.2) is 0 Å². The highest BCUT2D eigenvalue weighted by Gasteiger charge is 2.10. The van der Waals surface area contributed by atoms with Crippen LogP contribution in [0.25, 0.3) is 0 Å². The average Bonchev–Trinajstić information content (AvgIpc) is 1.97. The topological polar surface area (TPSA) is 0 Å². The molecule has 0 aliphatic carbocycles. The highest BCUT2D eigenvalue weighted by molar-refractivity contribution is 4.64. The minimum absolute atomic E-state index is 0.822. The number of hydrogen-bond acceptors (Lipinski definition) is 0. The molecule has 0 nitrogen and oxygen atoms in total. The third kappa shape index (κ3) is 5.29. The van der Waals surface area contributed by atoms with Crippen molar-refractivity contribution in [3.05, 3.63) is 13.8 Å². The molecule has 0 N–H and O–H groups in total. The molecule has 0 aromatic heterocycles. The Labute approximate surface area is 72.4 Å². The van der Waals surface area contributed by atoms with E-state index in [4.69, 9.17) is 0 Å². The largest absolute Gasteiger partial charge is 0.0625 e. The van der Waals surface area contributed by atoms with E-state index >= 15 is 0 Å². The third-order valence-corrected chi connectivity index (χ3v) is 2.34. The molecule has 0 aromatic carbocycles. The summed E-state index contributed by atoms with van der Waals surface area (Å²) in [5.74, 6) is 1.71. The monoisotopic (exact) mass is 154 g/mol. The molecule has 0 bridgehead atoms. The van der Waals surface area contributed by atoms with Crippen molar-refractivity contribution in [2.45, 2.75) is 46.0 Å². The minimum atomic E-state index is 0.822. The Hall–Kier alpha value is 0. The molecular formula is C11H22. The lowest BCUT2D eigenvalue weighted by Crippen LogP contribution is -2.07. The van der Waals surface area contributed by atoms with Gasteiger partial charge in [-0.3, -0.25) is 0 Å². The first-order valence-corrected chi connectivity index (χ1v) is 4.80. The van der Waals surface area contributed by atoms with Crippen molar-refractivity contribution in [3.63, 3.8) is 0 Å². The van der Waals surface area contributed by atoms with Gasteiger partial charge >= 0.3 is 0 Å². The molecule has 0 rings (SSSR count). The van der Waals surface area contributed by atoms with Crippen molar-refractivity contribution < 1.29 is 0 Å². The van der Waals surface area contributed by atoms with Crippen LogP contribution in [0.4, 0.5) is 0 Å². The van der Waals surface area contributed by atoms with Crippen LogP contribution >= 0.6 is 0 Å². The summed E-state index contributed by atoms with van der Waals surface area (Å²) < 4.78 is 0. The summed E-state index contributed by atoms with van der Waals surface area (Å²) in [5, 5.41) is 0. The fraction of sp³-hybridized carbons (Fsp3) is 0.818. The second-order valence-electron chi connectivity index (χ2n) is 3.64. The highest BCUT2D eigenvalue weighted by atomic mass is 14.2. The molecule has 0 aliphatic heterocycles. The maximum Gasteiger partial charge on any atom is -0.0391 e. The summed E-state index contributed by atoms with van der Waals surface area (Å²) in [6.07, 6.45) is 6.08. The third-order valence-electron chi connectivity index (χ3n) is 2.34. The normalized spacial score (nSPS) is 13.9. The lowest BCUT2D eigenvalue weighted by atomic mass is 9.87. The van der Waals surface area contributed by atoms with E-state index < -0.39 is 0 Å². The van der Waals surface area contributed by atoms with Gasteiger partial charge in [-0.05, 0) is 11.8 Å². The number of rotatable bonds is 6. The lowest BCUT2D eigenvalue weighted by Gasteiger charge is -2.19. The van der Waals surface area contributed by atoms with E-state index in [1.165, 1.54) is 19.3 Å². The molecule has 66 valence electrons. The summed E-state index contributed by atoms with van der Waals surface area (Å²) in [6, 6.07) is 0. The summed E-state index contributed by atoms with van der Waals surface area (Å²) in [7, 11) is 0. The van der Waals surface area contributed by atoms with Crippen molar-refractivity contribution in [1.29, 1.82) is 0 Å². The van der Waals surface area contributed by atoms with Crippen LogP contribution in [-0.2, 0) is 0 Å². The Kier molecular flexibility index (Phi) is 6.69. The maximum absolute atomic E-state index is 3.90. The Morgan fingerprint density at radius 3 is 2.00 bits per heavy atom. The molecule has 2 radical (unpaired) electrons. The minimum Gasteiger partial charge on any atom is -0.0625 e. The SMILES string of the molecule is [CH2]CCCC(CC[CH2])C(C)C. The van der Waals surface area contributed by atoms with Gasteiger partial charge in [0.2, 0.25) is 0 Å². The van der Waals surface area contributed by atoms with Crippen LogP contribution in [0.5, 0.6) is 0 Å². The first kappa shape index (κ1) is 11.0. The first-order valence-electron chi connectivity index (χ1n) is 4.80. The fourth-order valence-electron chi connectivity index (χ4n) is 1.48. The number of hydrogen-bond donors (Lipinski definition) is 0. The van der Waals surface area contributed by atoms with Crippen molar-refractivity contribution >= 4 is 0 Å². The number of unbranched alkanes of at least 4 members (excludes halogenated alkanes) is 1. The van der Waals surface area contributed by atoms with Gasteiger partial charge in [-0.15, -0.1) is 0 Å². The zero-order chi connectivity index (χ0) is 8.69. The van der Waals surface area contributed by atoms with Crippen molar-refractivity contribution in [2.75, 3.05) is 0 Å². The Balaban J connectivity index is 3.51. The van der Waals surface area contributed by atoms with E-state index in [1.807, 2.05) is 0 Å². The Morgan fingerprint density at radius 1 is 1.00 bits per heavy atom. The molecule has 0 heteroatoms. The molecule has 0 spiro atoms. The predicted octanol–water partition coefficient (Wildman–Crippen LogP) is 3.88. The first-order chi connectivity index (χ1) is 5.22. The smallest absolute Gasteiger partial charge is 0.0391 e. The van der Waals surface area contributed by atoms with Crippen LogP contribution in [0.1, 0.15) is 46.0 Å². The molecular weight excluding hydrogens is 132 g/mol. The molecule has 0 heterocycles. The van der Waals surface area contributed by atoms with Crippen LogP contribution in [0.15, 0.2) is 0 Å². The van der Waals surface area contributed by atoms with Gasteiger partial charge in [0, 0.05) is 0 Å². The molecule has 1 atom stereocenters. The van der Waals surface area contributed by atoms with Gasteiger partial charge in [-0.25, -0.2) is 0 Å². The van der Waals surface area contributed by atoms with Crippen LogP contribution in [0, 0.1) is 25.7 Å². The highest BCUT2D eigenvalue weighted by Crippen LogP contribution is 2.22.